The Kier molecular flexibility index (Phi) is 6.11. The number of unbranched alkanes of at least 4 members (excludes halogenated alkanes) is 1. The Morgan fingerprint density at radius 1 is 1.53 bits per heavy atom. The highest BCUT2D eigenvalue weighted by Gasteiger charge is 1.98. The summed E-state index contributed by atoms with van der Waals surface area (Å²) in [5.74, 6) is 1.61. The average Bonchev–Trinajstić information content (AvgIpc) is 2.27. The van der Waals surface area contributed by atoms with Crippen LogP contribution in [-0.4, -0.2) is 28.8 Å². The fraction of sp³-hybridized carbons (Fsp3) is 0.600. The molecule has 0 aliphatic rings. The minimum atomic E-state index is 0.674. The highest BCUT2D eigenvalue weighted by Crippen LogP contribution is 2.14. The van der Waals surface area contributed by atoms with E-state index in [0.29, 0.717) is 12.5 Å². The highest BCUT2D eigenvalue weighted by atomic mass is 32.2. The van der Waals surface area contributed by atoms with Gasteiger partial charge in [0.15, 0.2) is 0 Å². The summed E-state index contributed by atoms with van der Waals surface area (Å²) in [6.07, 6.45) is 4.10. The number of hydrogen-bond acceptors (Lipinski definition) is 5. The maximum Gasteiger partial charge on any atom is 0.223 e. The molecule has 1 aromatic rings. The van der Waals surface area contributed by atoms with Gasteiger partial charge in [0.25, 0.3) is 0 Å². The van der Waals surface area contributed by atoms with Crippen LogP contribution in [0.5, 0.6) is 0 Å². The van der Waals surface area contributed by atoms with Gasteiger partial charge in [0, 0.05) is 25.0 Å². The number of thioether (sulfide) groups is 1. The molecule has 0 saturated heterocycles. The Morgan fingerprint density at radius 2 is 2.40 bits per heavy atom. The molecule has 0 aliphatic heterocycles. The van der Waals surface area contributed by atoms with Crippen LogP contribution in [0.25, 0.3) is 0 Å². The molecule has 4 nitrogen and oxygen atoms in total. The standard InChI is InChI=1S/C10H18N4S/c1-2-3-6-12-10-13-7-4-9(14-10)15-8-5-11/h4,7H,2-3,5-6,8,11H2,1H3,(H,12,13,14). The van der Waals surface area contributed by atoms with Gasteiger partial charge in [-0.15, -0.1) is 11.8 Å². The number of nitrogens with two attached hydrogens (primary N) is 1. The van der Waals surface area contributed by atoms with Crippen molar-refractivity contribution >= 4 is 17.7 Å². The molecule has 0 spiro atoms. The highest BCUT2D eigenvalue weighted by molar-refractivity contribution is 7.99. The van der Waals surface area contributed by atoms with Crippen LogP contribution in [0.3, 0.4) is 0 Å². The maximum absolute atomic E-state index is 5.43. The predicted molar refractivity (Wildman–Crippen MR) is 65.2 cm³/mol. The molecule has 3 N–H and O–H groups in total. The van der Waals surface area contributed by atoms with Crippen molar-refractivity contribution in [2.45, 2.75) is 24.8 Å². The van der Waals surface area contributed by atoms with Gasteiger partial charge in [-0.25, -0.2) is 9.97 Å². The molecule has 0 amide bonds. The second-order valence-corrected chi connectivity index (χ2v) is 4.25. The molecule has 0 aromatic carbocycles. The van der Waals surface area contributed by atoms with Gasteiger partial charge in [-0.1, -0.05) is 13.3 Å². The Morgan fingerprint density at radius 3 is 3.13 bits per heavy atom. The van der Waals surface area contributed by atoms with Gasteiger partial charge in [0.2, 0.25) is 5.95 Å². The summed E-state index contributed by atoms with van der Waals surface area (Å²) in [6.45, 7) is 3.77. The van der Waals surface area contributed by atoms with Crippen LogP contribution in [0.2, 0.25) is 0 Å². The summed E-state index contributed by atoms with van der Waals surface area (Å²) in [5, 5.41) is 4.18. The molecule has 1 rings (SSSR count). The third-order valence-corrected chi connectivity index (χ3v) is 2.77. The zero-order chi connectivity index (χ0) is 10.9. The van der Waals surface area contributed by atoms with Crippen molar-refractivity contribution in [3.05, 3.63) is 12.3 Å². The van der Waals surface area contributed by atoms with Crippen LogP contribution in [-0.2, 0) is 0 Å². The second-order valence-electron chi connectivity index (χ2n) is 3.14. The topological polar surface area (TPSA) is 63.8 Å². The van der Waals surface area contributed by atoms with Crippen LogP contribution >= 0.6 is 11.8 Å². The van der Waals surface area contributed by atoms with E-state index in [4.69, 9.17) is 5.73 Å². The minimum Gasteiger partial charge on any atom is -0.354 e. The lowest BCUT2D eigenvalue weighted by Gasteiger charge is -2.04. The SMILES string of the molecule is CCCCNc1nccc(SCCN)n1. The normalized spacial score (nSPS) is 10.3. The van der Waals surface area contributed by atoms with Crippen molar-refractivity contribution < 1.29 is 0 Å². The van der Waals surface area contributed by atoms with Crippen molar-refractivity contribution in [1.82, 2.24) is 9.97 Å². The summed E-state index contributed by atoms with van der Waals surface area (Å²) >= 11 is 1.66. The summed E-state index contributed by atoms with van der Waals surface area (Å²) in [5.41, 5.74) is 5.43. The summed E-state index contributed by atoms with van der Waals surface area (Å²) in [6, 6.07) is 1.91. The summed E-state index contributed by atoms with van der Waals surface area (Å²) in [7, 11) is 0. The number of hydrogen-bond donors (Lipinski definition) is 2. The number of nitrogens with one attached hydrogen (secondary N) is 1. The van der Waals surface area contributed by atoms with E-state index in [1.807, 2.05) is 6.07 Å². The largest absolute Gasteiger partial charge is 0.354 e. The molecule has 5 heteroatoms. The van der Waals surface area contributed by atoms with E-state index < -0.39 is 0 Å². The van der Waals surface area contributed by atoms with E-state index in [1.165, 1.54) is 6.42 Å². The van der Waals surface area contributed by atoms with Crippen molar-refractivity contribution in [3.8, 4) is 0 Å². The van der Waals surface area contributed by atoms with Crippen molar-refractivity contribution in [3.63, 3.8) is 0 Å². The van der Waals surface area contributed by atoms with E-state index in [2.05, 4.69) is 22.2 Å². The molecule has 0 unspecified atom stereocenters. The first kappa shape index (κ1) is 12.3. The molecule has 0 bridgehead atoms. The van der Waals surface area contributed by atoms with Gasteiger partial charge < -0.3 is 11.1 Å². The van der Waals surface area contributed by atoms with Crippen LogP contribution in [0.15, 0.2) is 17.3 Å². The van der Waals surface area contributed by atoms with Gasteiger partial charge in [-0.3, -0.25) is 0 Å². The van der Waals surface area contributed by atoms with Crippen molar-refractivity contribution in [1.29, 1.82) is 0 Å². The molecule has 1 heterocycles. The third-order valence-electron chi connectivity index (χ3n) is 1.81. The minimum absolute atomic E-state index is 0.674. The Balaban J connectivity index is 2.42. The van der Waals surface area contributed by atoms with Crippen LogP contribution < -0.4 is 11.1 Å². The average molecular weight is 226 g/mol. The molecule has 0 saturated carbocycles. The van der Waals surface area contributed by atoms with Gasteiger partial charge in [0.05, 0.1) is 0 Å². The van der Waals surface area contributed by atoms with E-state index >= 15 is 0 Å². The second kappa shape index (κ2) is 7.48. The van der Waals surface area contributed by atoms with Crippen LogP contribution in [0.4, 0.5) is 5.95 Å². The fourth-order valence-electron chi connectivity index (χ4n) is 1.05. The third kappa shape index (κ3) is 4.99. The molecule has 0 aliphatic carbocycles. The molecule has 0 radical (unpaired) electrons. The van der Waals surface area contributed by atoms with Gasteiger partial charge in [-0.2, -0.15) is 0 Å². The van der Waals surface area contributed by atoms with Gasteiger partial charge in [-0.05, 0) is 12.5 Å². The smallest absolute Gasteiger partial charge is 0.223 e. The molecular formula is C10H18N4S. The molecule has 0 fully saturated rings. The lowest BCUT2D eigenvalue weighted by atomic mass is 10.3. The quantitative estimate of drug-likeness (QED) is 0.421. The monoisotopic (exact) mass is 226 g/mol. The van der Waals surface area contributed by atoms with E-state index in [9.17, 15) is 0 Å². The Bertz CT molecular complexity index is 280. The summed E-state index contributed by atoms with van der Waals surface area (Å²) < 4.78 is 0. The zero-order valence-electron chi connectivity index (χ0n) is 9.07. The van der Waals surface area contributed by atoms with Crippen molar-refractivity contribution in [2.24, 2.45) is 5.73 Å². The summed E-state index contributed by atoms with van der Waals surface area (Å²) in [4.78, 5) is 8.52. The number of anilines is 1. The molecule has 1 aromatic heterocycles. The van der Waals surface area contributed by atoms with Gasteiger partial charge >= 0.3 is 0 Å². The lowest BCUT2D eigenvalue weighted by Crippen LogP contribution is -2.06. The predicted octanol–water partition coefficient (Wildman–Crippen LogP) is 1.74. The number of rotatable bonds is 7. The molecule has 15 heavy (non-hydrogen) atoms. The van der Waals surface area contributed by atoms with Gasteiger partial charge in [0.1, 0.15) is 5.03 Å². The van der Waals surface area contributed by atoms with Crippen molar-refractivity contribution in [2.75, 3.05) is 24.2 Å². The Hall–Kier alpha value is -0.810. The molecular weight excluding hydrogens is 208 g/mol. The molecule has 84 valence electrons. The van der Waals surface area contributed by atoms with Crippen LogP contribution in [0.1, 0.15) is 19.8 Å². The lowest BCUT2D eigenvalue weighted by molar-refractivity contribution is 0.823. The number of aromatic nitrogens is 2. The number of nitrogens with zero attached hydrogens (tertiary/aromatic N) is 2. The first-order valence-corrected chi connectivity index (χ1v) is 6.25. The van der Waals surface area contributed by atoms with E-state index in [1.54, 1.807) is 18.0 Å². The zero-order valence-corrected chi connectivity index (χ0v) is 9.89. The first-order chi connectivity index (χ1) is 7.36. The molecule has 0 atom stereocenters. The van der Waals surface area contributed by atoms with Crippen LogP contribution in [0, 0.1) is 0 Å². The Labute approximate surface area is 95.1 Å². The van der Waals surface area contributed by atoms with E-state index in [0.717, 1.165) is 23.7 Å². The van der Waals surface area contributed by atoms with E-state index in [-0.39, 0.29) is 0 Å². The first-order valence-electron chi connectivity index (χ1n) is 5.26. The maximum atomic E-state index is 5.43. The fourth-order valence-corrected chi connectivity index (χ4v) is 1.68.